The summed E-state index contributed by atoms with van der Waals surface area (Å²) in [7, 11) is 0. The maximum Gasteiger partial charge on any atom is -0.00201 e. The normalized spacial score (nSPS) is 12.5. The predicted molar refractivity (Wildman–Crippen MR) is 193 cm³/mol. The molecule has 7 aromatic rings. The summed E-state index contributed by atoms with van der Waals surface area (Å²) in [5.41, 5.74) is 9.95. The van der Waals surface area contributed by atoms with Gasteiger partial charge in [0.15, 0.2) is 0 Å². The first kappa shape index (κ1) is 27.6. The Morgan fingerprint density at radius 3 is 1.66 bits per heavy atom. The molecule has 0 aliphatic heterocycles. The van der Waals surface area contributed by atoms with Crippen LogP contribution in [0.25, 0.3) is 71.3 Å². The van der Waals surface area contributed by atoms with E-state index >= 15 is 0 Å². The van der Waals surface area contributed by atoms with E-state index in [-0.39, 0.29) is 0 Å². The molecular weight excluding hydrogens is 528 g/mol. The monoisotopic (exact) mass is 564 g/mol. The molecule has 0 aliphatic rings. The Kier molecular flexibility index (Phi) is 7.42. The van der Waals surface area contributed by atoms with Gasteiger partial charge in [-0.05, 0) is 88.8 Å². The van der Waals surface area contributed by atoms with Crippen molar-refractivity contribution >= 4 is 37.9 Å². The Morgan fingerprint density at radius 1 is 0.545 bits per heavy atom. The Morgan fingerprint density at radius 2 is 1.05 bits per heavy atom. The minimum Gasteiger partial charge on any atom is -0.0985 e. The van der Waals surface area contributed by atoms with Crippen LogP contribution in [0.3, 0.4) is 0 Å². The van der Waals surface area contributed by atoms with E-state index in [2.05, 4.69) is 166 Å². The molecule has 7 rings (SSSR count). The van der Waals surface area contributed by atoms with Crippen molar-refractivity contribution in [3.05, 3.63) is 164 Å². The van der Waals surface area contributed by atoms with Gasteiger partial charge in [0.2, 0.25) is 0 Å². The molecule has 0 radical (unpaired) electrons. The molecule has 7 aromatic carbocycles. The molecule has 0 N–H and O–H groups in total. The van der Waals surface area contributed by atoms with Crippen LogP contribution in [-0.4, -0.2) is 0 Å². The van der Waals surface area contributed by atoms with Crippen molar-refractivity contribution in [2.24, 2.45) is 5.92 Å². The number of benzene rings is 7. The summed E-state index contributed by atoms with van der Waals surface area (Å²) in [6.07, 6.45) is 5.44. The van der Waals surface area contributed by atoms with Gasteiger partial charge in [0.05, 0.1) is 0 Å². The van der Waals surface area contributed by atoms with Gasteiger partial charge in [-0.1, -0.05) is 172 Å². The zero-order chi connectivity index (χ0) is 30.0. The van der Waals surface area contributed by atoms with Crippen LogP contribution < -0.4 is 0 Å². The van der Waals surface area contributed by atoms with E-state index in [0.29, 0.717) is 5.92 Å². The van der Waals surface area contributed by atoms with E-state index in [1.54, 1.807) is 0 Å². The van der Waals surface area contributed by atoms with E-state index in [0.717, 1.165) is 6.42 Å². The van der Waals surface area contributed by atoms with Crippen molar-refractivity contribution in [2.45, 2.75) is 20.3 Å². The van der Waals surface area contributed by atoms with Gasteiger partial charge in [-0.25, -0.2) is 0 Å². The third kappa shape index (κ3) is 4.83. The van der Waals surface area contributed by atoms with E-state index in [9.17, 15) is 0 Å². The summed E-state index contributed by atoms with van der Waals surface area (Å²) in [6.45, 7) is 8.65. The Hall–Kier alpha value is -5.20. The Labute approximate surface area is 260 Å². The van der Waals surface area contributed by atoms with Crippen LogP contribution >= 0.6 is 0 Å². The van der Waals surface area contributed by atoms with Gasteiger partial charge in [-0.3, -0.25) is 0 Å². The summed E-state index contributed by atoms with van der Waals surface area (Å²) < 4.78 is 0. The molecule has 1 atom stereocenters. The summed E-state index contributed by atoms with van der Waals surface area (Å²) >= 11 is 0. The Bertz CT molecular complexity index is 2120. The van der Waals surface area contributed by atoms with E-state index < -0.39 is 0 Å². The van der Waals surface area contributed by atoms with Crippen LogP contribution in [0.1, 0.15) is 25.8 Å². The number of fused-ring (bicyclic) bond motifs is 3. The van der Waals surface area contributed by atoms with Crippen molar-refractivity contribution < 1.29 is 0 Å². The van der Waals surface area contributed by atoms with Gasteiger partial charge in [-0.15, -0.1) is 0 Å². The van der Waals surface area contributed by atoms with E-state index in [1.807, 2.05) is 6.08 Å². The molecule has 0 aromatic heterocycles. The maximum atomic E-state index is 4.15. The molecule has 0 nitrogen and oxygen atoms in total. The van der Waals surface area contributed by atoms with Crippen LogP contribution in [0.5, 0.6) is 0 Å². The average molecular weight is 565 g/mol. The number of allylic oxidation sites excluding steroid dienone is 3. The first-order valence-electron chi connectivity index (χ1n) is 15.6. The fourth-order valence-corrected chi connectivity index (χ4v) is 6.69. The Balaban J connectivity index is 1.52. The topological polar surface area (TPSA) is 0 Å². The van der Waals surface area contributed by atoms with Gasteiger partial charge in [-0.2, -0.15) is 0 Å². The lowest BCUT2D eigenvalue weighted by molar-refractivity contribution is 0.700. The van der Waals surface area contributed by atoms with E-state index in [4.69, 9.17) is 0 Å². The molecule has 44 heavy (non-hydrogen) atoms. The molecule has 212 valence electrons. The van der Waals surface area contributed by atoms with Crippen LogP contribution in [0.4, 0.5) is 0 Å². The fourth-order valence-electron chi connectivity index (χ4n) is 6.69. The second-order valence-electron chi connectivity index (χ2n) is 11.7. The molecule has 0 bridgehead atoms. The summed E-state index contributed by atoms with van der Waals surface area (Å²) in [5, 5.41) is 7.60. The second-order valence-corrected chi connectivity index (χ2v) is 11.7. The predicted octanol–water partition coefficient (Wildman–Crippen LogP) is 12.8. The highest BCUT2D eigenvalue weighted by Gasteiger charge is 2.19. The summed E-state index contributed by atoms with van der Waals surface area (Å²) in [6, 6.07) is 51.0. The first-order chi connectivity index (χ1) is 21.7. The highest BCUT2D eigenvalue weighted by molar-refractivity contribution is 6.24. The number of rotatable bonds is 7. The van der Waals surface area contributed by atoms with Crippen LogP contribution in [0.2, 0.25) is 0 Å². The minimum atomic E-state index is 0.496. The standard InChI is InChI=1S/C44H36/c1-4-30(3)28-31(5-2)33-18-13-19-34(29-33)43-39-20-9-11-22-41(39)44(42-23-12-10-21-40(42)43)38-27-15-25-36-35(24-14-26-37(36)38)32-16-7-6-8-17-32/h5-30H,2,4H2,1,3H3/b31-28+. The van der Waals surface area contributed by atoms with Crippen molar-refractivity contribution in [1.29, 1.82) is 0 Å². The lowest BCUT2D eigenvalue weighted by atomic mass is 9.83. The molecule has 0 fully saturated rings. The van der Waals surface area contributed by atoms with Crippen molar-refractivity contribution in [3.8, 4) is 33.4 Å². The lowest BCUT2D eigenvalue weighted by Gasteiger charge is -2.20. The molecule has 0 spiro atoms. The van der Waals surface area contributed by atoms with Crippen LogP contribution in [0, 0.1) is 5.92 Å². The third-order valence-electron chi connectivity index (χ3n) is 9.02. The highest BCUT2D eigenvalue weighted by atomic mass is 14.2. The van der Waals surface area contributed by atoms with Crippen LogP contribution in [0.15, 0.2) is 158 Å². The lowest BCUT2D eigenvalue weighted by Crippen LogP contribution is -1.93. The van der Waals surface area contributed by atoms with Gasteiger partial charge >= 0.3 is 0 Å². The van der Waals surface area contributed by atoms with E-state index in [1.165, 1.54) is 76.8 Å². The van der Waals surface area contributed by atoms with Gasteiger partial charge in [0.25, 0.3) is 0 Å². The molecule has 0 heteroatoms. The molecule has 1 unspecified atom stereocenters. The fraction of sp³-hybridized carbons (Fsp3) is 0.0909. The second kappa shape index (κ2) is 11.8. The van der Waals surface area contributed by atoms with Gasteiger partial charge < -0.3 is 0 Å². The molecule has 0 heterocycles. The van der Waals surface area contributed by atoms with Crippen LogP contribution in [-0.2, 0) is 0 Å². The summed E-state index contributed by atoms with van der Waals surface area (Å²) in [5.74, 6) is 0.496. The first-order valence-corrected chi connectivity index (χ1v) is 15.6. The van der Waals surface area contributed by atoms with Crippen molar-refractivity contribution in [1.82, 2.24) is 0 Å². The largest absolute Gasteiger partial charge is 0.0985 e. The number of hydrogen-bond donors (Lipinski definition) is 0. The third-order valence-corrected chi connectivity index (χ3v) is 9.02. The van der Waals surface area contributed by atoms with Crippen molar-refractivity contribution in [3.63, 3.8) is 0 Å². The zero-order valence-corrected chi connectivity index (χ0v) is 25.4. The van der Waals surface area contributed by atoms with Crippen molar-refractivity contribution in [2.75, 3.05) is 0 Å². The molecule has 0 saturated heterocycles. The molecular formula is C44H36. The summed E-state index contributed by atoms with van der Waals surface area (Å²) in [4.78, 5) is 0. The molecule has 0 saturated carbocycles. The SMILES string of the molecule is C=C/C(=C\C(C)CC)c1cccc(-c2c3ccccc3c(-c3cccc4c(-c5ccccc5)cccc34)c3ccccc23)c1. The van der Waals surface area contributed by atoms with Gasteiger partial charge in [0.1, 0.15) is 0 Å². The van der Waals surface area contributed by atoms with Gasteiger partial charge in [0, 0.05) is 0 Å². The smallest absolute Gasteiger partial charge is 0.00201 e. The zero-order valence-electron chi connectivity index (χ0n) is 25.4. The minimum absolute atomic E-state index is 0.496. The molecule has 0 aliphatic carbocycles. The molecule has 0 amide bonds. The average Bonchev–Trinajstić information content (AvgIpc) is 3.09. The number of hydrogen-bond acceptors (Lipinski definition) is 0. The maximum absolute atomic E-state index is 4.15. The highest BCUT2D eigenvalue weighted by Crippen LogP contribution is 2.46. The quantitative estimate of drug-likeness (QED) is 0.133.